The summed E-state index contributed by atoms with van der Waals surface area (Å²) in [5, 5.41) is 3.31. The van der Waals surface area contributed by atoms with Crippen LogP contribution in [-0.4, -0.2) is 19.6 Å². The van der Waals surface area contributed by atoms with E-state index in [0.717, 1.165) is 22.3 Å². The summed E-state index contributed by atoms with van der Waals surface area (Å²) in [5.74, 6) is -0.296. The van der Waals surface area contributed by atoms with Crippen molar-refractivity contribution in [3.8, 4) is 0 Å². The molecule has 3 heteroatoms. The van der Waals surface area contributed by atoms with Gasteiger partial charge < -0.3 is 4.74 Å². The van der Waals surface area contributed by atoms with Gasteiger partial charge in [-0.1, -0.05) is 97.1 Å². The second-order valence-electron chi connectivity index (χ2n) is 6.12. The number of esters is 1. The van der Waals surface area contributed by atoms with Crippen molar-refractivity contribution in [3.63, 3.8) is 0 Å². The highest BCUT2D eigenvalue weighted by molar-refractivity contribution is 5.80. The lowest BCUT2D eigenvalue weighted by atomic mass is 9.97. The second kappa shape index (κ2) is 9.51. The van der Waals surface area contributed by atoms with Gasteiger partial charge in [0.1, 0.15) is 6.04 Å². The zero-order chi connectivity index (χ0) is 18.9. The number of rotatable bonds is 7. The van der Waals surface area contributed by atoms with Crippen LogP contribution in [0.4, 0.5) is 0 Å². The van der Waals surface area contributed by atoms with E-state index in [9.17, 15) is 4.79 Å². The van der Waals surface area contributed by atoms with Crippen LogP contribution in [0.25, 0.3) is 5.57 Å². The Hall–Kier alpha value is -3.17. The summed E-state index contributed by atoms with van der Waals surface area (Å²) in [6.45, 7) is 0.535. The molecule has 0 bridgehead atoms. The summed E-state index contributed by atoms with van der Waals surface area (Å²) in [7, 11) is 1.41. The van der Waals surface area contributed by atoms with E-state index >= 15 is 0 Å². The van der Waals surface area contributed by atoms with Crippen molar-refractivity contribution in [1.82, 2.24) is 5.32 Å². The van der Waals surface area contributed by atoms with Crippen LogP contribution in [0.1, 0.15) is 22.7 Å². The lowest BCUT2D eigenvalue weighted by Crippen LogP contribution is -2.29. The van der Waals surface area contributed by atoms with Gasteiger partial charge in [0.25, 0.3) is 0 Å². The molecule has 0 spiro atoms. The van der Waals surface area contributed by atoms with Crippen molar-refractivity contribution in [2.75, 3.05) is 13.7 Å². The molecule has 3 nitrogen and oxygen atoms in total. The highest BCUT2D eigenvalue weighted by atomic mass is 16.5. The minimum Gasteiger partial charge on any atom is -0.468 e. The number of benzene rings is 3. The van der Waals surface area contributed by atoms with Gasteiger partial charge in [0.05, 0.1) is 7.11 Å². The molecular formula is C24H23NO2. The first-order chi connectivity index (χ1) is 13.3. The van der Waals surface area contributed by atoms with Crippen molar-refractivity contribution < 1.29 is 9.53 Å². The number of nitrogens with one attached hydrogen (secondary N) is 1. The molecule has 3 rings (SSSR count). The second-order valence-corrected chi connectivity index (χ2v) is 6.12. The molecule has 0 aliphatic rings. The third-order valence-electron chi connectivity index (χ3n) is 4.37. The van der Waals surface area contributed by atoms with Crippen LogP contribution < -0.4 is 5.32 Å². The minimum atomic E-state index is -0.500. The monoisotopic (exact) mass is 357 g/mol. The Balaban J connectivity index is 1.84. The summed E-state index contributed by atoms with van der Waals surface area (Å²) in [6.07, 6.45) is 2.11. The van der Waals surface area contributed by atoms with Gasteiger partial charge in [-0.25, -0.2) is 4.79 Å². The smallest absolute Gasteiger partial charge is 0.327 e. The molecule has 1 N–H and O–H groups in total. The fourth-order valence-electron chi connectivity index (χ4n) is 3.02. The third kappa shape index (κ3) is 4.93. The lowest BCUT2D eigenvalue weighted by molar-refractivity contribution is -0.143. The lowest BCUT2D eigenvalue weighted by Gasteiger charge is -2.16. The van der Waals surface area contributed by atoms with Crippen molar-refractivity contribution >= 4 is 11.5 Å². The van der Waals surface area contributed by atoms with E-state index in [0.29, 0.717) is 6.54 Å². The third-order valence-corrected chi connectivity index (χ3v) is 4.37. The number of hydrogen-bond donors (Lipinski definition) is 1. The predicted octanol–water partition coefficient (Wildman–Crippen LogP) is 4.62. The molecule has 3 aromatic carbocycles. The average Bonchev–Trinajstić information content (AvgIpc) is 2.75. The maximum atomic E-state index is 12.2. The first kappa shape index (κ1) is 18.6. The van der Waals surface area contributed by atoms with Crippen molar-refractivity contribution in [2.45, 2.75) is 6.04 Å². The number of methoxy groups -OCH3 is 1. The van der Waals surface area contributed by atoms with Crippen molar-refractivity contribution in [1.29, 1.82) is 0 Å². The number of hydrogen-bond acceptors (Lipinski definition) is 3. The van der Waals surface area contributed by atoms with Crippen LogP contribution in [-0.2, 0) is 9.53 Å². The molecule has 0 saturated carbocycles. The number of carbonyl (C=O) groups is 1. The van der Waals surface area contributed by atoms with Gasteiger partial charge in [-0.2, -0.15) is 0 Å². The van der Waals surface area contributed by atoms with E-state index in [2.05, 4.69) is 35.7 Å². The molecule has 3 aromatic rings. The molecule has 0 saturated heterocycles. The molecule has 0 amide bonds. The summed E-state index contributed by atoms with van der Waals surface area (Å²) < 4.78 is 4.97. The number of ether oxygens (including phenoxy) is 1. The minimum absolute atomic E-state index is 0.296. The first-order valence-electron chi connectivity index (χ1n) is 8.97. The van der Waals surface area contributed by atoms with E-state index in [1.54, 1.807) is 0 Å². The zero-order valence-corrected chi connectivity index (χ0v) is 15.3. The van der Waals surface area contributed by atoms with E-state index < -0.39 is 6.04 Å². The molecule has 0 fully saturated rings. The average molecular weight is 357 g/mol. The van der Waals surface area contributed by atoms with E-state index in [1.165, 1.54) is 7.11 Å². The molecule has 136 valence electrons. The quantitative estimate of drug-likeness (QED) is 0.627. The number of carbonyl (C=O) groups excluding carboxylic acids is 1. The Bertz CT molecular complexity index is 833. The Morgan fingerprint density at radius 3 is 1.81 bits per heavy atom. The SMILES string of the molecule is COC(=O)C(NCC=C(c1ccccc1)c1ccccc1)c1ccccc1. The maximum absolute atomic E-state index is 12.2. The van der Waals surface area contributed by atoms with E-state index in [4.69, 9.17) is 4.74 Å². The molecule has 0 aliphatic heterocycles. The van der Waals surface area contributed by atoms with Gasteiger partial charge in [-0.3, -0.25) is 5.32 Å². The maximum Gasteiger partial charge on any atom is 0.327 e. The molecule has 0 aliphatic carbocycles. The predicted molar refractivity (Wildman–Crippen MR) is 109 cm³/mol. The Kier molecular flexibility index (Phi) is 6.55. The van der Waals surface area contributed by atoms with Gasteiger partial charge in [0, 0.05) is 6.54 Å². The van der Waals surface area contributed by atoms with Crippen LogP contribution in [0.5, 0.6) is 0 Å². The molecule has 27 heavy (non-hydrogen) atoms. The largest absolute Gasteiger partial charge is 0.468 e. The van der Waals surface area contributed by atoms with Crippen LogP contribution in [0.3, 0.4) is 0 Å². The van der Waals surface area contributed by atoms with Crippen LogP contribution in [0, 0.1) is 0 Å². The fourth-order valence-corrected chi connectivity index (χ4v) is 3.02. The summed E-state index contributed by atoms with van der Waals surface area (Å²) >= 11 is 0. The van der Waals surface area contributed by atoms with Gasteiger partial charge in [-0.05, 0) is 22.3 Å². The van der Waals surface area contributed by atoms with Crippen LogP contribution in [0.2, 0.25) is 0 Å². The van der Waals surface area contributed by atoms with E-state index in [1.807, 2.05) is 66.7 Å². The normalized spacial score (nSPS) is 11.4. The topological polar surface area (TPSA) is 38.3 Å². The Labute approximate surface area is 160 Å². The van der Waals surface area contributed by atoms with Gasteiger partial charge in [0.15, 0.2) is 0 Å². The standard InChI is InChI=1S/C24H23NO2/c1-27-24(26)23(21-15-9-4-10-16-21)25-18-17-22(19-11-5-2-6-12-19)20-13-7-3-8-14-20/h2-17,23,25H,18H2,1H3. The van der Waals surface area contributed by atoms with Crippen molar-refractivity contribution in [3.05, 3.63) is 114 Å². The Morgan fingerprint density at radius 1 is 0.852 bits per heavy atom. The zero-order valence-electron chi connectivity index (χ0n) is 15.3. The van der Waals surface area contributed by atoms with Gasteiger partial charge in [-0.15, -0.1) is 0 Å². The van der Waals surface area contributed by atoms with Crippen LogP contribution >= 0.6 is 0 Å². The summed E-state index contributed by atoms with van der Waals surface area (Å²) in [6, 6.07) is 29.6. The molecule has 0 aromatic heterocycles. The van der Waals surface area contributed by atoms with E-state index in [-0.39, 0.29) is 5.97 Å². The van der Waals surface area contributed by atoms with Crippen molar-refractivity contribution in [2.24, 2.45) is 0 Å². The highest BCUT2D eigenvalue weighted by Gasteiger charge is 2.20. The molecule has 0 radical (unpaired) electrons. The highest BCUT2D eigenvalue weighted by Crippen LogP contribution is 2.23. The van der Waals surface area contributed by atoms with Gasteiger partial charge in [0.2, 0.25) is 0 Å². The van der Waals surface area contributed by atoms with Crippen LogP contribution in [0.15, 0.2) is 97.1 Å². The van der Waals surface area contributed by atoms with Gasteiger partial charge >= 0.3 is 5.97 Å². The molecule has 1 atom stereocenters. The summed E-state index contributed by atoms with van der Waals surface area (Å²) in [4.78, 5) is 12.2. The first-order valence-corrected chi connectivity index (χ1v) is 8.97. The molecular weight excluding hydrogens is 334 g/mol. The Morgan fingerprint density at radius 2 is 1.33 bits per heavy atom. The molecule has 1 unspecified atom stereocenters. The molecule has 0 heterocycles. The summed E-state index contributed by atoms with van der Waals surface area (Å²) in [5.41, 5.74) is 4.29. The fraction of sp³-hybridized carbons (Fsp3) is 0.125.